The normalized spacial score (nSPS) is 15.4. The molecule has 1 aromatic rings. The molecule has 1 rings (SSSR count). The highest BCUT2D eigenvalue weighted by Gasteiger charge is 2.23. The first kappa shape index (κ1) is 10.2. The molecule has 0 spiro atoms. The lowest BCUT2D eigenvalue weighted by Gasteiger charge is -2.24. The fourth-order valence-electron chi connectivity index (χ4n) is 1.29. The van der Waals surface area contributed by atoms with Crippen LogP contribution in [0.3, 0.4) is 0 Å². The summed E-state index contributed by atoms with van der Waals surface area (Å²) in [6.45, 7) is 1.67. The van der Waals surface area contributed by atoms with Crippen molar-refractivity contribution < 1.29 is 9.50 Å². The van der Waals surface area contributed by atoms with Crippen molar-refractivity contribution in [3.63, 3.8) is 0 Å². The summed E-state index contributed by atoms with van der Waals surface area (Å²) in [6, 6.07) is 6.37. The van der Waals surface area contributed by atoms with Gasteiger partial charge in [-0.05, 0) is 19.4 Å². The number of benzene rings is 1. The van der Waals surface area contributed by atoms with Crippen molar-refractivity contribution in [3.8, 4) is 0 Å². The molecular formula is C10H14FNO. The molecule has 0 fully saturated rings. The second kappa shape index (κ2) is 3.85. The highest BCUT2D eigenvalue weighted by molar-refractivity contribution is 5.24. The van der Waals surface area contributed by atoms with Crippen LogP contribution in [0.4, 0.5) is 4.39 Å². The molecule has 0 saturated heterocycles. The molecule has 0 amide bonds. The molecule has 13 heavy (non-hydrogen) atoms. The smallest absolute Gasteiger partial charge is 0.128 e. The lowest BCUT2D eigenvalue weighted by molar-refractivity contribution is 0.244. The molecule has 0 unspecified atom stereocenters. The Balaban J connectivity index is 2.99. The van der Waals surface area contributed by atoms with Gasteiger partial charge >= 0.3 is 0 Å². The minimum atomic E-state index is -0.792. The predicted molar refractivity (Wildman–Crippen MR) is 49.6 cm³/mol. The van der Waals surface area contributed by atoms with Gasteiger partial charge in [0.15, 0.2) is 0 Å². The Labute approximate surface area is 77.2 Å². The summed E-state index contributed by atoms with van der Waals surface area (Å²) >= 11 is 0. The standard InChI is InChI=1S/C10H14FNO/c1-10(12,6-7-13)8-4-2-3-5-9(8)11/h2-5,13H,6-7,12H2,1H3/t10-/m1/s1. The molecule has 0 aliphatic heterocycles. The number of halogens is 1. The average molecular weight is 183 g/mol. The van der Waals surface area contributed by atoms with Crippen LogP contribution >= 0.6 is 0 Å². The molecule has 0 bridgehead atoms. The zero-order valence-electron chi connectivity index (χ0n) is 7.63. The largest absolute Gasteiger partial charge is 0.396 e. The van der Waals surface area contributed by atoms with Crippen LogP contribution in [0.5, 0.6) is 0 Å². The molecule has 3 N–H and O–H groups in total. The van der Waals surface area contributed by atoms with Crippen LogP contribution in [0.15, 0.2) is 24.3 Å². The molecule has 1 atom stereocenters. The van der Waals surface area contributed by atoms with Crippen LogP contribution in [0, 0.1) is 5.82 Å². The second-order valence-corrected chi connectivity index (χ2v) is 3.37. The molecular weight excluding hydrogens is 169 g/mol. The Morgan fingerprint density at radius 1 is 1.46 bits per heavy atom. The van der Waals surface area contributed by atoms with Gasteiger partial charge in [0.2, 0.25) is 0 Å². The summed E-state index contributed by atoms with van der Waals surface area (Å²) in [5, 5.41) is 8.75. The van der Waals surface area contributed by atoms with E-state index >= 15 is 0 Å². The molecule has 3 heteroatoms. The lowest BCUT2D eigenvalue weighted by atomic mass is 9.90. The maximum Gasteiger partial charge on any atom is 0.128 e. The first-order chi connectivity index (χ1) is 6.08. The second-order valence-electron chi connectivity index (χ2n) is 3.37. The minimum Gasteiger partial charge on any atom is -0.396 e. The summed E-state index contributed by atoms with van der Waals surface area (Å²) in [4.78, 5) is 0. The lowest BCUT2D eigenvalue weighted by Crippen LogP contribution is -2.34. The van der Waals surface area contributed by atoms with Gasteiger partial charge in [0.25, 0.3) is 0 Å². The van der Waals surface area contributed by atoms with E-state index in [9.17, 15) is 4.39 Å². The number of rotatable bonds is 3. The van der Waals surface area contributed by atoms with Crippen molar-refractivity contribution in [1.82, 2.24) is 0 Å². The Morgan fingerprint density at radius 3 is 2.62 bits per heavy atom. The van der Waals surface area contributed by atoms with Gasteiger partial charge in [-0.2, -0.15) is 0 Å². The molecule has 0 aromatic heterocycles. The van der Waals surface area contributed by atoms with Gasteiger partial charge in [-0.15, -0.1) is 0 Å². The van der Waals surface area contributed by atoms with E-state index in [-0.39, 0.29) is 12.4 Å². The van der Waals surface area contributed by atoms with Crippen LogP contribution in [0.25, 0.3) is 0 Å². The van der Waals surface area contributed by atoms with E-state index in [0.29, 0.717) is 12.0 Å². The number of nitrogens with two attached hydrogens (primary N) is 1. The number of aliphatic hydroxyl groups excluding tert-OH is 1. The Kier molecular flexibility index (Phi) is 3.01. The Bertz CT molecular complexity index is 286. The fraction of sp³-hybridized carbons (Fsp3) is 0.400. The third-order valence-electron chi connectivity index (χ3n) is 2.12. The van der Waals surface area contributed by atoms with Crippen LogP contribution < -0.4 is 5.73 Å². The van der Waals surface area contributed by atoms with Gasteiger partial charge < -0.3 is 10.8 Å². The van der Waals surface area contributed by atoms with E-state index in [4.69, 9.17) is 10.8 Å². The third kappa shape index (κ3) is 2.26. The predicted octanol–water partition coefficient (Wildman–Crippen LogP) is 1.38. The molecule has 1 aromatic carbocycles. The van der Waals surface area contributed by atoms with Gasteiger partial charge in [0.05, 0.1) is 0 Å². The summed E-state index contributed by atoms with van der Waals surface area (Å²) in [5.41, 5.74) is 5.51. The molecule has 0 saturated carbocycles. The first-order valence-corrected chi connectivity index (χ1v) is 4.22. The molecule has 0 aliphatic carbocycles. The molecule has 0 heterocycles. The van der Waals surface area contributed by atoms with E-state index in [1.807, 2.05) is 0 Å². The topological polar surface area (TPSA) is 46.2 Å². The third-order valence-corrected chi connectivity index (χ3v) is 2.12. The van der Waals surface area contributed by atoms with Crippen molar-refractivity contribution in [2.75, 3.05) is 6.61 Å². The summed E-state index contributed by atoms with van der Waals surface area (Å²) in [5.74, 6) is -0.319. The van der Waals surface area contributed by atoms with Crippen molar-refractivity contribution in [2.24, 2.45) is 5.73 Å². The maximum atomic E-state index is 13.2. The van der Waals surface area contributed by atoms with Gasteiger partial charge in [0.1, 0.15) is 5.82 Å². The number of aliphatic hydroxyl groups is 1. The van der Waals surface area contributed by atoms with Crippen LogP contribution in [-0.2, 0) is 5.54 Å². The molecule has 0 radical (unpaired) electrons. The van der Waals surface area contributed by atoms with Crippen molar-refractivity contribution in [3.05, 3.63) is 35.6 Å². The highest BCUT2D eigenvalue weighted by Crippen LogP contribution is 2.23. The van der Waals surface area contributed by atoms with Crippen LogP contribution in [0.2, 0.25) is 0 Å². The highest BCUT2D eigenvalue weighted by atomic mass is 19.1. The molecule has 2 nitrogen and oxygen atoms in total. The average Bonchev–Trinajstić information content (AvgIpc) is 2.04. The SMILES string of the molecule is C[C@@](N)(CCO)c1ccccc1F. The van der Waals surface area contributed by atoms with Gasteiger partial charge in [-0.3, -0.25) is 0 Å². The Hall–Kier alpha value is -0.930. The maximum absolute atomic E-state index is 13.2. The van der Waals surface area contributed by atoms with E-state index in [1.165, 1.54) is 6.07 Å². The van der Waals surface area contributed by atoms with Gasteiger partial charge in [-0.25, -0.2) is 4.39 Å². The van der Waals surface area contributed by atoms with Crippen molar-refractivity contribution >= 4 is 0 Å². The van der Waals surface area contributed by atoms with Crippen LogP contribution in [0.1, 0.15) is 18.9 Å². The zero-order valence-corrected chi connectivity index (χ0v) is 7.63. The van der Waals surface area contributed by atoms with Gasteiger partial charge in [-0.1, -0.05) is 18.2 Å². The first-order valence-electron chi connectivity index (χ1n) is 4.22. The van der Waals surface area contributed by atoms with E-state index in [1.54, 1.807) is 25.1 Å². The fourth-order valence-corrected chi connectivity index (χ4v) is 1.29. The minimum absolute atomic E-state index is 0.0403. The van der Waals surface area contributed by atoms with E-state index in [2.05, 4.69) is 0 Å². The quantitative estimate of drug-likeness (QED) is 0.743. The zero-order chi connectivity index (χ0) is 9.90. The number of hydrogen-bond donors (Lipinski definition) is 2. The summed E-state index contributed by atoms with van der Waals surface area (Å²) in [7, 11) is 0. The molecule has 0 aliphatic rings. The van der Waals surface area contributed by atoms with Gasteiger partial charge in [0, 0.05) is 17.7 Å². The van der Waals surface area contributed by atoms with Crippen molar-refractivity contribution in [2.45, 2.75) is 18.9 Å². The van der Waals surface area contributed by atoms with Crippen LogP contribution in [-0.4, -0.2) is 11.7 Å². The van der Waals surface area contributed by atoms with E-state index in [0.717, 1.165) is 0 Å². The number of hydrogen-bond acceptors (Lipinski definition) is 2. The summed E-state index contributed by atoms with van der Waals surface area (Å²) in [6.07, 6.45) is 0.355. The van der Waals surface area contributed by atoms with Crippen molar-refractivity contribution in [1.29, 1.82) is 0 Å². The van der Waals surface area contributed by atoms with E-state index < -0.39 is 5.54 Å². The molecule has 72 valence electrons. The summed E-state index contributed by atoms with van der Waals surface area (Å²) < 4.78 is 13.2. The Morgan fingerprint density at radius 2 is 2.08 bits per heavy atom. The monoisotopic (exact) mass is 183 g/mol.